The fraction of sp³-hybridized carbons (Fsp3) is 0.533. The molecule has 1 aromatic carbocycles. The molecule has 1 aromatic rings. The lowest BCUT2D eigenvalue weighted by molar-refractivity contribution is -0.127. The van der Waals surface area contributed by atoms with Gasteiger partial charge >= 0.3 is 0 Å². The maximum Gasteiger partial charge on any atom is 0.232 e. The minimum absolute atomic E-state index is 0.168. The Morgan fingerprint density at radius 1 is 1.42 bits per heavy atom. The molecule has 0 saturated heterocycles. The van der Waals surface area contributed by atoms with Gasteiger partial charge in [-0.3, -0.25) is 4.79 Å². The lowest BCUT2D eigenvalue weighted by Gasteiger charge is -2.38. The van der Waals surface area contributed by atoms with Crippen LogP contribution in [-0.4, -0.2) is 26.2 Å². The molecule has 0 unspecified atom stereocenters. The zero-order chi connectivity index (χ0) is 14.0. The number of amides is 1. The van der Waals surface area contributed by atoms with Crippen LogP contribution in [0.25, 0.3) is 0 Å². The molecule has 4 nitrogen and oxygen atoms in total. The van der Waals surface area contributed by atoms with E-state index in [4.69, 9.17) is 10.5 Å². The number of anilines is 2. The Morgan fingerprint density at radius 2 is 2.16 bits per heavy atom. The van der Waals surface area contributed by atoms with Gasteiger partial charge in [0.1, 0.15) is 0 Å². The first-order valence-corrected chi connectivity index (χ1v) is 6.65. The third-order valence-corrected chi connectivity index (χ3v) is 3.59. The number of nitrogen functional groups attached to an aromatic ring is 1. The highest BCUT2D eigenvalue weighted by Crippen LogP contribution is 2.38. The van der Waals surface area contributed by atoms with Gasteiger partial charge in [0, 0.05) is 37.1 Å². The zero-order valence-electron chi connectivity index (χ0n) is 11.9. The van der Waals surface area contributed by atoms with Gasteiger partial charge in [0.25, 0.3) is 0 Å². The number of fused-ring (bicyclic) bond motifs is 1. The molecule has 0 saturated carbocycles. The van der Waals surface area contributed by atoms with Crippen LogP contribution in [0.2, 0.25) is 0 Å². The molecular weight excluding hydrogens is 240 g/mol. The standard InChI is InChI=1S/C15H22N2O2/c1-15(2)10-11-5-6-12(16)9-13(11)17(14(15)18)7-4-8-19-3/h5-6,9H,4,7-8,10,16H2,1-3H3. The van der Waals surface area contributed by atoms with Gasteiger partial charge in [-0.25, -0.2) is 0 Å². The van der Waals surface area contributed by atoms with E-state index in [1.165, 1.54) is 5.56 Å². The van der Waals surface area contributed by atoms with Crippen molar-refractivity contribution < 1.29 is 9.53 Å². The zero-order valence-corrected chi connectivity index (χ0v) is 11.9. The second-order valence-corrected chi connectivity index (χ2v) is 5.75. The van der Waals surface area contributed by atoms with Gasteiger partial charge in [0.05, 0.1) is 0 Å². The molecule has 104 valence electrons. The largest absolute Gasteiger partial charge is 0.399 e. The number of ether oxygens (including phenoxy) is 1. The Balaban J connectivity index is 2.33. The number of benzene rings is 1. The third kappa shape index (κ3) is 2.73. The summed E-state index contributed by atoms with van der Waals surface area (Å²) < 4.78 is 5.07. The number of methoxy groups -OCH3 is 1. The van der Waals surface area contributed by atoms with E-state index < -0.39 is 0 Å². The number of nitrogens with zero attached hydrogens (tertiary/aromatic N) is 1. The van der Waals surface area contributed by atoms with Gasteiger partial charge in [-0.1, -0.05) is 19.9 Å². The predicted octanol–water partition coefficient (Wildman–Crippen LogP) is 2.22. The van der Waals surface area contributed by atoms with Gasteiger partial charge in [-0.15, -0.1) is 0 Å². The summed E-state index contributed by atoms with van der Waals surface area (Å²) in [5.74, 6) is 0.168. The monoisotopic (exact) mass is 262 g/mol. The molecule has 4 heteroatoms. The first-order valence-electron chi connectivity index (χ1n) is 6.65. The molecular formula is C15H22N2O2. The Labute approximate surface area is 114 Å². The smallest absolute Gasteiger partial charge is 0.232 e. The molecule has 0 aromatic heterocycles. The van der Waals surface area contributed by atoms with E-state index in [0.29, 0.717) is 18.8 Å². The molecule has 0 atom stereocenters. The number of hydrogen-bond donors (Lipinski definition) is 1. The average Bonchev–Trinajstić information content (AvgIpc) is 2.35. The van der Waals surface area contributed by atoms with Crippen molar-refractivity contribution in [3.05, 3.63) is 23.8 Å². The summed E-state index contributed by atoms with van der Waals surface area (Å²) in [6.45, 7) is 5.32. The van der Waals surface area contributed by atoms with Gasteiger partial charge in [0.2, 0.25) is 5.91 Å². The van der Waals surface area contributed by atoms with Crippen LogP contribution >= 0.6 is 0 Å². The van der Waals surface area contributed by atoms with E-state index in [9.17, 15) is 4.79 Å². The quantitative estimate of drug-likeness (QED) is 0.668. The second-order valence-electron chi connectivity index (χ2n) is 5.75. The van der Waals surface area contributed by atoms with Crippen LogP contribution in [0.15, 0.2) is 18.2 Å². The molecule has 0 bridgehead atoms. The maximum absolute atomic E-state index is 12.6. The number of carbonyl (C=O) groups excluding carboxylic acids is 1. The van der Waals surface area contributed by atoms with Crippen LogP contribution < -0.4 is 10.6 Å². The predicted molar refractivity (Wildman–Crippen MR) is 77.2 cm³/mol. The lowest BCUT2D eigenvalue weighted by atomic mass is 9.80. The van der Waals surface area contributed by atoms with E-state index in [2.05, 4.69) is 0 Å². The fourth-order valence-corrected chi connectivity index (χ4v) is 2.60. The minimum Gasteiger partial charge on any atom is -0.399 e. The van der Waals surface area contributed by atoms with Crippen LogP contribution in [0.4, 0.5) is 11.4 Å². The highest BCUT2D eigenvalue weighted by atomic mass is 16.5. The molecule has 1 aliphatic heterocycles. The van der Waals surface area contributed by atoms with Gasteiger partial charge in [-0.05, 0) is 30.5 Å². The summed E-state index contributed by atoms with van der Waals surface area (Å²) in [5, 5.41) is 0. The summed E-state index contributed by atoms with van der Waals surface area (Å²) in [5.41, 5.74) is 8.35. The topological polar surface area (TPSA) is 55.6 Å². The number of carbonyl (C=O) groups is 1. The summed E-state index contributed by atoms with van der Waals surface area (Å²) in [6, 6.07) is 5.83. The maximum atomic E-state index is 12.6. The van der Waals surface area contributed by atoms with Gasteiger partial charge in [-0.2, -0.15) is 0 Å². The molecule has 1 aliphatic rings. The van der Waals surface area contributed by atoms with Crippen LogP contribution in [0.1, 0.15) is 25.8 Å². The molecule has 2 rings (SSSR count). The van der Waals surface area contributed by atoms with E-state index in [-0.39, 0.29) is 11.3 Å². The van der Waals surface area contributed by atoms with Crippen molar-refractivity contribution in [2.45, 2.75) is 26.7 Å². The first kappa shape index (κ1) is 13.9. The molecule has 0 aliphatic carbocycles. The SMILES string of the molecule is COCCCN1C(=O)C(C)(C)Cc2ccc(N)cc21. The number of nitrogens with two attached hydrogens (primary N) is 1. The first-order chi connectivity index (χ1) is 8.95. The lowest BCUT2D eigenvalue weighted by Crippen LogP contribution is -2.47. The van der Waals surface area contributed by atoms with Crippen LogP contribution in [-0.2, 0) is 16.0 Å². The molecule has 1 heterocycles. The molecule has 2 N–H and O–H groups in total. The normalized spacial score (nSPS) is 17.4. The molecule has 0 spiro atoms. The number of rotatable bonds is 4. The van der Waals surface area contributed by atoms with Crippen molar-refractivity contribution in [3.63, 3.8) is 0 Å². The van der Waals surface area contributed by atoms with E-state index in [1.54, 1.807) is 7.11 Å². The van der Waals surface area contributed by atoms with Gasteiger partial charge < -0.3 is 15.4 Å². The average molecular weight is 262 g/mol. The summed E-state index contributed by atoms with van der Waals surface area (Å²) in [7, 11) is 1.67. The van der Waals surface area contributed by atoms with E-state index in [0.717, 1.165) is 18.5 Å². The summed E-state index contributed by atoms with van der Waals surface area (Å²) in [6.07, 6.45) is 1.59. The Hall–Kier alpha value is -1.55. The Bertz CT molecular complexity index is 483. The van der Waals surface area contributed by atoms with Crippen molar-refractivity contribution in [1.82, 2.24) is 0 Å². The Morgan fingerprint density at radius 3 is 2.84 bits per heavy atom. The van der Waals surface area contributed by atoms with Crippen LogP contribution in [0.3, 0.4) is 0 Å². The van der Waals surface area contributed by atoms with Crippen LogP contribution in [0, 0.1) is 5.41 Å². The second kappa shape index (κ2) is 5.21. The minimum atomic E-state index is -0.351. The van der Waals surface area contributed by atoms with Crippen LogP contribution in [0.5, 0.6) is 0 Å². The van der Waals surface area contributed by atoms with Gasteiger partial charge in [0.15, 0.2) is 0 Å². The highest BCUT2D eigenvalue weighted by molar-refractivity contribution is 6.00. The van der Waals surface area contributed by atoms with E-state index >= 15 is 0 Å². The van der Waals surface area contributed by atoms with Crippen molar-refractivity contribution in [1.29, 1.82) is 0 Å². The fourth-order valence-electron chi connectivity index (χ4n) is 2.60. The highest BCUT2D eigenvalue weighted by Gasteiger charge is 2.38. The molecule has 19 heavy (non-hydrogen) atoms. The summed E-state index contributed by atoms with van der Waals surface area (Å²) >= 11 is 0. The van der Waals surface area contributed by atoms with Crippen molar-refractivity contribution in [2.24, 2.45) is 5.41 Å². The third-order valence-electron chi connectivity index (χ3n) is 3.59. The van der Waals surface area contributed by atoms with Crippen molar-refractivity contribution >= 4 is 17.3 Å². The molecule has 1 amide bonds. The molecule has 0 fully saturated rings. The van der Waals surface area contributed by atoms with Crippen molar-refractivity contribution in [2.75, 3.05) is 30.9 Å². The van der Waals surface area contributed by atoms with Crippen molar-refractivity contribution in [3.8, 4) is 0 Å². The molecule has 0 radical (unpaired) electrons. The summed E-state index contributed by atoms with van der Waals surface area (Å²) in [4.78, 5) is 14.4. The Kier molecular flexibility index (Phi) is 3.80. The van der Waals surface area contributed by atoms with E-state index in [1.807, 2.05) is 36.9 Å². The number of hydrogen-bond acceptors (Lipinski definition) is 3.